The Morgan fingerprint density at radius 2 is 2.44 bits per heavy atom. The van der Waals surface area contributed by atoms with Gasteiger partial charge in [-0.25, -0.2) is 4.39 Å². The molecule has 3 heteroatoms. The molecule has 0 aromatic carbocycles. The molecule has 0 aromatic rings. The molecule has 2 atom stereocenters. The summed E-state index contributed by atoms with van der Waals surface area (Å²) in [6, 6.07) is 0. The Bertz CT molecular complexity index is 105. The number of hydrogen-bond acceptors (Lipinski definition) is 2. The van der Waals surface area contributed by atoms with Crippen molar-refractivity contribution < 1.29 is 13.9 Å². The SMILES string of the molecule is O=CC1CCC(CF)O1. The molecule has 52 valence electrons. The number of alkyl halides is 1. The smallest absolute Gasteiger partial charge is 0.148 e. The summed E-state index contributed by atoms with van der Waals surface area (Å²) in [5.41, 5.74) is 0. The van der Waals surface area contributed by atoms with Crippen LogP contribution in [0.2, 0.25) is 0 Å². The molecule has 1 aliphatic rings. The molecular formula is C6H9FO2. The highest BCUT2D eigenvalue weighted by Crippen LogP contribution is 2.17. The predicted molar refractivity (Wildman–Crippen MR) is 29.9 cm³/mol. The van der Waals surface area contributed by atoms with Gasteiger partial charge in [0, 0.05) is 0 Å². The predicted octanol–water partition coefficient (Wildman–Crippen LogP) is 0.702. The highest BCUT2D eigenvalue weighted by atomic mass is 19.1. The van der Waals surface area contributed by atoms with Crippen LogP contribution in [0, 0.1) is 0 Å². The number of ether oxygens (including phenoxy) is 1. The van der Waals surface area contributed by atoms with Crippen molar-refractivity contribution in [2.45, 2.75) is 25.0 Å². The highest BCUT2D eigenvalue weighted by molar-refractivity contribution is 5.56. The molecule has 0 spiro atoms. The zero-order valence-electron chi connectivity index (χ0n) is 5.05. The molecule has 0 N–H and O–H groups in total. The van der Waals surface area contributed by atoms with Crippen LogP contribution in [0.5, 0.6) is 0 Å². The number of rotatable bonds is 2. The van der Waals surface area contributed by atoms with E-state index in [1.807, 2.05) is 0 Å². The summed E-state index contributed by atoms with van der Waals surface area (Å²) in [6.45, 7) is -0.468. The van der Waals surface area contributed by atoms with Crippen LogP contribution in [-0.4, -0.2) is 25.2 Å². The van der Waals surface area contributed by atoms with Crippen molar-refractivity contribution in [1.82, 2.24) is 0 Å². The molecule has 2 nitrogen and oxygen atoms in total. The summed E-state index contributed by atoms with van der Waals surface area (Å²) < 4.78 is 16.7. The monoisotopic (exact) mass is 132 g/mol. The second kappa shape index (κ2) is 2.92. The van der Waals surface area contributed by atoms with Gasteiger partial charge in [-0.15, -0.1) is 0 Å². The van der Waals surface area contributed by atoms with Gasteiger partial charge in [0.2, 0.25) is 0 Å². The van der Waals surface area contributed by atoms with E-state index in [9.17, 15) is 9.18 Å². The normalized spacial score (nSPS) is 34.8. The van der Waals surface area contributed by atoms with Crippen molar-refractivity contribution in [2.75, 3.05) is 6.67 Å². The first-order chi connectivity index (χ1) is 4.36. The number of aldehydes is 1. The van der Waals surface area contributed by atoms with Gasteiger partial charge in [-0.1, -0.05) is 0 Å². The maximum Gasteiger partial charge on any atom is 0.148 e. The number of halogens is 1. The maximum absolute atomic E-state index is 11.8. The summed E-state index contributed by atoms with van der Waals surface area (Å²) in [6.07, 6.45) is 1.43. The van der Waals surface area contributed by atoms with E-state index in [4.69, 9.17) is 4.74 Å². The van der Waals surface area contributed by atoms with E-state index in [1.54, 1.807) is 0 Å². The van der Waals surface area contributed by atoms with Gasteiger partial charge in [0.05, 0.1) is 6.10 Å². The van der Waals surface area contributed by atoms with Crippen molar-refractivity contribution in [1.29, 1.82) is 0 Å². The molecule has 1 fully saturated rings. The van der Waals surface area contributed by atoms with E-state index in [-0.39, 0.29) is 12.2 Å². The first-order valence-corrected chi connectivity index (χ1v) is 3.03. The largest absolute Gasteiger partial charge is 0.365 e. The van der Waals surface area contributed by atoms with Gasteiger partial charge < -0.3 is 9.53 Å². The van der Waals surface area contributed by atoms with Crippen LogP contribution < -0.4 is 0 Å². The first kappa shape index (κ1) is 6.68. The van der Waals surface area contributed by atoms with E-state index in [0.717, 1.165) is 6.29 Å². The fourth-order valence-corrected chi connectivity index (χ4v) is 0.947. The average molecular weight is 132 g/mol. The summed E-state index contributed by atoms with van der Waals surface area (Å²) in [4.78, 5) is 10.0. The van der Waals surface area contributed by atoms with Crippen molar-refractivity contribution in [3.63, 3.8) is 0 Å². The Labute approximate surface area is 53.0 Å². The Hall–Kier alpha value is -0.440. The van der Waals surface area contributed by atoms with Crippen LogP contribution in [0.3, 0.4) is 0 Å². The van der Waals surface area contributed by atoms with Crippen LogP contribution in [-0.2, 0) is 9.53 Å². The van der Waals surface area contributed by atoms with Crippen LogP contribution >= 0.6 is 0 Å². The van der Waals surface area contributed by atoms with Gasteiger partial charge in [0.1, 0.15) is 19.1 Å². The minimum absolute atomic E-state index is 0.319. The summed E-state index contributed by atoms with van der Waals surface area (Å²) in [5, 5.41) is 0. The zero-order valence-corrected chi connectivity index (χ0v) is 5.05. The van der Waals surface area contributed by atoms with Crippen LogP contribution in [0.15, 0.2) is 0 Å². The number of carbonyl (C=O) groups excluding carboxylic acids is 1. The van der Waals surface area contributed by atoms with Crippen LogP contribution in [0.25, 0.3) is 0 Å². The Morgan fingerprint density at radius 3 is 2.78 bits per heavy atom. The fourth-order valence-electron chi connectivity index (χ4n) is 0.947. The summed E-state index contributed by atoms with van der Waals surface area (Å²) >= 11 is 0. The molecule has 0 radical (unpaired) electrons. The molecule has 1 rings (SSSR count). The minimum atomic E-state index is -0.468. The maximum atomic E-state index is 11.8. The van der Waals surface area contributed by atoms with E-state index >= 15 is 0 Å². The van der Waals surface area contributed by atoms with Crippen LogP contribution in [0.4, 0.5) is 4.39 Å². The van der Waals surface area contributed by atoms with Crippen molar-refractivity contribution in [2.24, 2.45) is 0 Å². The molecule has 2 unspecified atom stereocenters. The van der Waals surface area contributed by atoms with Crippen molar-refractivity contribution >= 4 is 6.29 Å². The summed E-state index contributed by atoms with van der Waals surface area (Å²) in [7, 11) is 0. The Morgan fingerprint density at radius 1 is 1.67 bits per heavy atom. The second-order valence-corrected chi connectivity index (χ2v) is 2.16. The quantitative estimate of drug-likeness (QED) is 0.517. The van der Waals surface area contributed by atoms with E-state index in [2.05, 4.69) is 0 Å². The lowest BCUT2D eigenvalue weighted by Gasteiger charge is -2.03. The third-order valence-electron chi connectivity index (χ3n) is 1.46. The van der Waals surface area contributed by atoms with Gasteiger partial charge in [-0.2, -0.15) is 0 Å². The zero-order chi connectivity index (χ0) is 6.69. The first-order valence-electron chi connectivity index (χ1n) is 3.03. The topological polar surface area (TPSA) is 26.3 Å². The molecular weight excluding hydrogens is 123 g/mol. The van der Waals surface area contributed by atoms with Crippen molar-refractivity contribution in [3.05, 3.63) is 0 Å². The molecule has 0 bridgehead atoms. The lowest BCUT2D eigenvalue weighted by molar-refractivity contribution is -0.117. The second-order valence-electron chi connectivity index (χ2n) is 2.16. The minimum Gasteiger partial charge on any atom is -0.365 e. The average Bonchev–Trinajstić information content (AvgIpc) is 2.34. The molecule has 9 heavy (non-hydrogen) atoms. The van der Waals surface area contributed by atoms with Gasteiger partial charge in [0.25, 0.3) is 0 Å². The van der Waals surface area contributed by atoms with Gasteiger partial charge in [-0.05, 0) is 12.8 Å². The van der Waals surface area contributed by atoms with Crippen molar-refractivity contribution in [3.8, 4) is 0 Å². The van der Waals surface area contributed by atoms with Crippen LogP contribution in [0.1, 0.15) is 12.8 Å². The highest BCUT2D eigenvalue weighted by Gasteiger charge is 2.23. The third kappa shape index (κ3) is 1.48. The Balaban J connectivity index is 2.28. The lowest BCUT2D eigenvalue weighted by atomic mass is 10.2. The standard InChI is InChI=1S/C6H9FO2/c7-3-5-1-2-6(4-8)9-5/h4-6H,1-3H2. The van der Waals surface area contributed by atoms with Gasteiger partial charge >= 0.3 is 0 Å². The van der Waals surface area contributed by atoms with E-state index < -0.39 is 6.67 Å². The molecule has 1 heterocycles. The molecule has 0 amide bonds. The molecule has 1 saturated heterocycles. The Kier molecular flexibility index (Phi) is 2.16. The fraction of sp³-hybridized carbons (Fsp3) is 0.833. The lowest BCUT2D eigenvalue weighted by Crippen LogP contribution is -2.12. The molecule has 0 aromatic heterocycles. The van der Waals surface area contributed by atoms with E-state index in [0.29, 0.717) is 12.8 Å². The number of carbonyl (C=O) groups is 1. The third-order valence-corrected chi connectivity index (χ3v) is 1.46. The molecule has 1 aliphatic heterocycles. The van der Waals surface area contributed by atoms with Gasteiger partial charge in [0.15, 0.2) is 0 Å². The number of hydrogen-bond donors (Lipinski definition) is 0. The molecule has 0 saturated carbocycles. The summed E-state index contributed by atoms with van der Waals surface area (Å²) in [5.74, 6) is 0. The van der Waals surface area contributed by atoms with Gasteiger partial charge in [-0.3, -0.25) is 0 Å². The van der Waals surface area contributed by atoms with E-state index in [1.165, 1.54) is 0 Å². The molecule has 0 aliphatic carbocycles.